The highest BCUT2D eigenvalue weighted by Crippen LogP contribution is 2.35. The molecule has 0 bridgehead atoms. The average molecular weight is 275 g/mol. The van der Waals surface area contributed by atoms with Crippen molar-refractivity contribution in [1.29, 1.82) is 0 Å². The van der Waals surface area contributed by atoms with Gasteiger partial charge in [0.2, 0.25) is 5.91 Å². The Morgan fingerprint density at radius 1 is 1.33 bits per heavy atom. The second-order valence-electron chi connectivity index (χ2n) is 4.09. The number of carbonyl (C=O) groups is 1. The fourth-order valence-electron chi connectivity index (χ4n) is 1.82. The Bertz CT molecular complexity index is 441. The van der Waals surface area contributed by atoms with Crippen LogP contribution < -0.4 is 5.32 Å². The number of amides is 1. The van der Waals surface area contributed by atoms with Gasteiger partial charge in [0.1, 0.15) is 0 Å². The van der Waals surface area contributed by atoms with Gasteiger partial charge in [-0.05, 0) is 24.3 Å². The zero-order valence-corrected chi connectivity index (χ0v) is 10.3. The first-order valence-corrected chi connectivity index (χ1v) is 6.69. The zero-order valence-electron chi connectivity index (χ0n) is 9.46. The van der Waals surface area contributed by atoms with Gasteiger partial charge in [0.15, 0.2) is 0 Å². The van der Waals surface area contributed by atoms with Gasteiger partial charge in [-0.15, -0.1) is 0 Å². The van der Waals surface area contributed by atoms with Gasteiger partial charge in [-0.25, -0.2) is 0 Å². The van der Waals surface area contributed by atoms with Crippen LogP contribution in [0.15, 0.2) is 24.3 Å². The maximum absolute atomic E-state index is 12.7. The van der Waals surface area contributed by atoms with E-state index in [1.807, 2.05) is 0 Å². The molecular weight excluding hydrogens is 263 g/mol. The molecule has 1 aliphatic heterocycles. The summed E-state index contributed by atoms with van der Waals surface area (Å²) in [5, 5.41) is 2.39. The molecule has 1 fully saturated rings. The predicted octanol–water partition coefficient (Wildman–Crippen LogP) is 3.40. The molecule has 2 nitrogen and oxygen atoms in total. The summed E-state index contributed by atoms with van der Waals surface area (Å²) in [7, 11) is 0. The van der Waals surface area contributed by atoms with Gasteiger partial charge in [0.25, 0.3) is 0 Å². The van der Waals surface area contributed by atoms with E-state index in [-0.39, 0.29) is 17.5 Å². The molecule has 1 aromatic rings. The molecule has 1 unspecified atom stereocenters. The zero-order chi connectivity index (χ0) is 13.2. The number of benzene rings is 1. The molecule has 0 spiro atoms. The largest absolute Gasteiger partial charge is 0.418 e. The number of thioether (sulfide) groups is 1. The molecule has 1 heterocycles. The maximum Gasteiger partial charge on any atom is 0.418 e. The highest BCUT2D eigenvalue weighted by atomic mass is 32.2. The van der Waals surface area contributed by atoms with Crippen molar-refractivity contribution in [3.8, 4) is 0 Å². The number of hydrogen-bond donors (Lipinski definition) is 1. The van der Waals surface area contributed by atoms with Crippen LogP contribution in [-0.4, -0.2) is 17.4 Å². The first-order chi connectivity index (χ1) is 8.48. The molecule has 1 aromatic carbocycles. The first kappa shape index (κ1) is 13.3. The highest BCUT2D eigenvalue weighted by molar-refractivity contribution is 7.99. The third-order valence-electron chi connectivity index (χ3n) is 2.79. The Hall–Kier alpha value is -1.17. The van der Waals surface area contributed by atoms with Crippen molar-refractivity contribution in [2.75, 3.05) is 16.8 Å². The Morgan fingerprint density at radius 2 is 2.06 bits per heavy atom. The number of alkyl halides is 3. The quantitative estimate of drug-likeness (QED) is 0.896. The van der Waals surface area contributed by atoms with Crippen LogP contribution in [0.5, 0.6) is 0 Å². The molecule has 2 rings (SSSR count). The molecule has 0 aliphatic carbocycles. The number of carbonyl (C=O) groups excluding carboxylic acids is 1. The fraction of sp³-hybridized carbons (Fsp3) is 0.417. The number of halogens is 3. The third-order valence-corrected chi connectivity index (χ3v) is 3.95. The lowest BCUT2D eigenvalue weighted by atomic mass is 10.1. The van der Waals surface area contributed by atoms with Crippen LogP contribution in [0.1, 0.15) is 12.0 Å². The van der Waals surface area contributed by atoms with E-state index in [0.717, 1.165) is 18.2 Å². The van der Waals surface area contributed by atoms with Crippen LogP contribution in [0, 0.1) is 5.92 Å². The van der Waals surface area contributed by atoms with Crippen molar-refractivity contribution in [3.05, 3.63) is 29.8 Å². The normalized spacial score (nSPS) is 19.8. The van der Waals surface area contributed by atoms with E-state index in [1.54, 1.807) is 11.8 Å². The lowest BCUT2D eigenvalue weighted by Gasteiger charge is -2.15. The lowest BCUT2D eigenvalue weighted by molar-refractivity contribution is -0.137. The van der Waals surface area contributed by atoms with Crippen molar-refractivity contribution in [3.63, 3.8) is 0 Å². The van der Waals surface area contributed by atoms with Gasteiger partial charge in [-0.3, -0.25) is 4.79 Å². The Labute approximate surface area is 107 Å². The highest BCUT2D eigenvalue weighted by Gasteiger charge is 2.34. The summed E-state index contributed by atoms with van der Waals surface area (Å²) in [5.74, 6) is 1.06. The minimum atomic E-state index is -4.45. The summed E-state index contributed by atoms with van der Waals surface area (Å²) in [6.45, 7) is 0. The van der Waals surface area contributed by atoms with Crippen molar-refractivity contribution in [1.82, 2.24) is 0 Å². The number of rotatable bonds is 2. The van der Waals surface area contributed by atoms with E-state index in [2.05, 4.69) is 5.32 Å². The molecular formula is C12H12F3NOS. The van der Waals surface area contributed by atoms with E-state index in [4.69, 9.17) is 0 Å². The van der Waals surface area contributed by atoms with Crippen molar-refractivity contribution in [2.24, 2.45) is 5.92 Å². The van der Waals surface area contributed by atoms with Gasteiger partial charge in [0.05, 0.1) is 11.3 Å². The monoisotopic (exact) mass is 275 g/mol. The van der Waals surface area contributed by atoms with Crippen LogP contribution in [-0.2, 0) is 11.0 Å². The molecule has 0 radical (unpaired) electrons. The SMILES string of the molecule is O=C(Nc1ccccc1C(F)(F)F)C1CCSC1. The second kappa shape index (κ2) is 5.22. The van der Waals surface area contributed by atoms with Gasteiger partial charge in [-0.2, -0.15) is 24.9 Å². The molecule has 1 N–H and O–H groups in total. The number of para-hydroxylation sites is 1. The summed E-state index contributed by atoms with van der Waals surface area (Å²) >= 11 is 1.65. The van der Waals surface area contributed by atoms with E-state index in [1.165, 1.54) is 18.2 Å². The molecule has 1 saturated heterocycles. The molecule has 0 saturated carbocycles. The molecule has 1 atom stereocenters. The standard InChI is InChI=1S/C12H12F3NOS/c13-12(14,15)9-3-1-2-4-10(9)16-11(17)8-5-6-18-7-8/h1-4,8H,5-7H2,(H,16,17). The van der Waals surface area contributed by atoms with E-state index in [0.29, 0.717) is 5.75 Å². The van der Waals surface area contributed by atoms with Gasteiger partial charge in [-0.1, -0.05) is 12.1 Å². The fourth-order valence-corrected chi connectivity index (χ4v) is 3.04. The maximum atomic E-state index is 12.7. The van der Waals surface area contributed by atoms with E-state index < -0.39 is 11.7 Å². The van der Waals surface area contributed by atoms with E-state index in [9.17, 15) is 18.0 Å². The topological polar surface area (TPSA) is 29.1 Å². The van der Waals surface area contributed by atoms with Crippen LogP contribution in [0.25, 0.3) is 0 Å². The number of anilines is 1. The predicted molar refractivity (Wildman–Crippen MR) is 65.5 cm³/mol. The Kier molecular flexibility index (Phi) is 3.85. The molecule has 98 valence electrons. The van der Waals surface area contributed by atoms with E-state index >= 15 is 0 Å². The minimum Gasteiger partial charge on any atom is -0.325 e. The van der Waals surface area contributed by atoms with Crippen LogP contribution >= 0.6 is 11.8 Å². The smallest absolute Gasteiger partial charge is 0.325 e. The number of nitrogens with one attached hydrogen (secondary N) is 1. The Morgan fingerprint density at radius 3 is 2.67 bits per heavy atom. The first-order valence-electron chi connectivity index (χ1n) is 5.53. The van der Waals surface area contributed by atoms with Crippen molar-refractivity contribution < 1.29 is 18.0 Å². The third kappa shape index (κ3) is 2.98. The van der Waals surface area contributed by atoms with Gasteiger partial charge in [0, 0.05) is 11.7 Å². The van der Waals surface area contributed by atoms with Gasteiger partial charge >= 0.3 is 6.18 Å². The minimum absolute atomic E-state index is 0.160. The van der Waals surface area contributed by atoms with Gasteiger partial charge < -0.3 is 5.32 Å². The van der Waals surface area contributed by atoms with Crippen LogP contribution in [0.4, 0.5) is 18.9 Å². The number of hydrogen-bond acceptors (Lipinski definition) is 2. The summed E-state index contributed by atoms with van der Waals surface area (Å²) in [4.78, 5) is 11.8. The Balaban J connectivity index is 2.16. The van der Waals surface area contributed by atoms with Crippen LogP contribution in [0.2, 0.25) is 0 Å². The molecule has 6 heteroatoms. The summed E-state index contributed by atoms with van der Waals surface area (Å²) in [6.07, 6.45) is -3.72. The molecule has 1 amide bonds. The molecule has 0 aromatic heterocycles. The average Bonchev–Trinajstić information content (AvgIpc) is 2.81. The summed E-state index contributed by atoms with van der Waals surface area (Å²) < 4.78 is 38.2. The van der Waals surface area contributed by atoms with Crippen LogP contribution in [0.3, 0.4) is 0 Å². The molecule has 18 heavy (non-hydrogen) atoms. The summed E-state index contributed by atoms with van der Waals surface area (Å²) in [5.41, 5.74) is -0.962. The van der Waals surface area contributed by atoms with Crippen molar-refractivity contribution >= 4 is 23.4 Å². The second-order valence-corrected chi connectivity index (χ2v) is 5.24. The summed E-state index contributed by atoms with van der Waals surface area (Å²) in [6, 6.07) is 5.04. The molecule has 1 aliphatic rings. The lowest BCUT2D eigenvalue weighted by Crippen LogP contribution is -2.24. The van der Waals surface area contributed by atoms with Crippen molar-refractivity contribution in [2.45, 2.75) is 12.6 Å².